The maximum absolute atomic E-state index is 12.6. The van der Waals surface area contributed by atoms with Crippen LogP contribution in [0.4, 0.5) is 0 Å². The van der Waals surface area contributed by atoms with Crippen molar-refractivity contribution in [1.29, 1.82) is 0 Å². The molecule has 1 aromatic carbocycles. The zero-order valence-electron chi connectivity index (χ0n) is 17.3. The molecule has 1 fully saturated rings. The van der Waals surface area contributed by atoms with Crippen molar-refractivity contribution < 1.29 is 44.0 Å². The van der Waals surface area contributed by atoms with E-state index in [1.54, 1.807) is 6.07 Å². The summed E-state index contributed by atoms with van der Waals surface area (Å²) in [5, 5.41) is 38.1. The number of aryl methyl sites for hydroxylation is 1. The van der Waals surface area contributed by atoms with Crippen LogP contribution in [0.3, 0.4) is 0 Å². The van der Waals surface area contributed by atoms with Crippen molar-refractivity contribution in [3.05, 3.63) is 41.5 Å². The Morgan fingerprint density at radius 1 is 1.27 bits per heavy atom. The van der Waals surface area contributed by atoms with Gasteiger partial charge in [-0.3, -0.25) is 9.59 Å². The van der Waals surface area contributed by atoms with Gasteiger partial charge in [0.05, 0.1) is 30.9 Å². The molecule has 1 amide bonds. The minimum absolute atomic E-state index is 0.0106. The summed E-state index contributed by atoms with van der Waals surface area (Å²) in [5.74, 6) is -2.98. The molecule has 0 bridgehead atoms. The van der Waals surface area contributed by atoms with E-state index in [0.717, 1.165) is 0 Å². The van der Waals surface area contributed by atoms with Crippen LogP contribution in [0.15, 0.2) is 24.7 Å². The number of nitrogens with two attached hydrogens (primary N) is 1. The van der Waals surface area contributed by atoms with E-state index in [2.05, 4.69) is 4.98 Å². The van der Waals surface area contributed by atoms with Crippen LogP contribution in [0.2, 0.25) is 6.32 Å². The maximum Gasteiger partial charge on any atom is 0.430 e. The Kier molecular flexibility index (Phi) is 5.74. The summed E-state index contributed by atoms with van der Waals surface area (Å²) in [4.78, 5) is 40.6. The number of ether oxygens (including phenoxy) is 1. The second-order valence-electron chi connectivity index (χ2n) is 8.07. The highest BCUT2D eigenvalue weighted by Gasteiger charge is 2.38. The van der Waals surface area contributed by atoms with Crippen LogP contribution in [-0.4, -0.2) is 78.5 Å². The molecule has 0 radical (unpaired) electrons. The molecule has 1 unspecified atom stereocenters. The van der Waals surface area contributed by atoms with Gasteiger partial charge in [0.1, 0.15) is 30.0 Å². The van der Waals surface area contributed by atoms with Gasteiger partial charge >= 0.3 is 18.7 Å². The Hall–Kier alpha value is -3.62. The molecule has 2 aromatic rings. The number of rotatable bonds is 7. The number of aromatic nitrogens is 2. The van der Waals surface area contributed by atoms with Crippen molar-refractivity contribution in [2.75, 3.05) is 13.1 Å². The van der Waals surface area contributed by atoms with E-state index in [0.29, 0.717) is 5.56 Å². The van der Waals surface area contributed by atoms with Gasteiger partial charge in [0.25, 0.3) is 0 Å². The lowest BCUT2D eigenvalue weighted by Gasteiger charge is -2.41. The topological polar surface area (TPSA) is 198 Å². The van der Waals surface area contributed by atoms with Crippen molar-refractivity contribution in [1.82, 2.24) is 14.5 Å². The van der Waals surface area contributed by atoms with E-state index in [1.165, 1.54) is 28.1 Å². The summed E-state index contributed by atoms with van der Waals surface area (Å²) >= 11 is 0. The minimum atomic E-state index is -3.15. The molecular formula is C19H22BN4O9-. The number of aromatic carboxylic acids is 1. The van der Waals surface area contributed by atoms with Gasteiger partial charge in [0.2, 0.25) is 5.91 Å². The van der Waals surface area contributed by atoms with Gasteiger partial charge in [-0.05, 0) is 18.1 Å². The van der Waals surface area contributed by atoms with E-state index in [1.807, 2.05) is 0 Å². The van der Waals surface area contributed by atoms with Crippen LogP contribution in [-0.2, 0) is 22.6 Å². The molecule has 2 aliphatic heterocycles. The number of fused-ring (bicyclic) bond motifs is 1. The smallest absolute Gasteiger partial charge is 0.430 e. The zero-order valence-corrected chi connectivity index (χ0v) is 17.3. The third-order valence-corrected chi connectivity index (χ3v) is 5.52. The Morgan fingerprint density at radius 2 is 2.00 bits per heavy atom. The molecule has 3 heterocycles. The van der Waals surface area contributed by atoms with Crippen LogP contribution >= 0.6 is 0 Å². The monoisotopic (exact) mass is 461 g/mol. The zero-order chi connectivity index (χ0) is 23.9. The van der Waals surface area contributed by atoms with Gasteiger partial charge in [-0.15, -0.1) is 0 Å². The number of carboxylic acids is 2. The van der Waals surface area contributed by atoms with Crippen molar-refractivity contribution in [3.8, 4) is 11.5 Å². The third-order valence-electron chi connectivity index (χ3n) is 5.52. The highest BCUT2D eigenvalue weighted by atomic mass is 16.6. The summed E-state index contributed by atoms with van der Waals surface area (Å²) in [6.07, 6.45) is 2.36. The molecule has 0 spiro atoms. The average molecular weight is 461 g/mol. The van der Waals surface area contributed by atoms with E-state index in [-0.39, 0.29) is 55.1 Å². The van der Waals surface area contributed by atoms with Crippen molar-refractivity contribution in [3.63, 3.8) is 0 Å². The number of hydrogen-bond acceptors (Lipinski definition) is 9. The molecule has 2 aliphatic rings. The number of likely N-dealkylation sites (tertiary alicyclic amines) is 1. The fraction of sp³-hybridized carbons (Fsp3) is 0.368. The van der Waals surface area contributed by atoms with Gasteiger partial charge in [-0.2, -0.15) is 0 Å². The van der Waals surface area contributed by atoms with Crippen LogP contribution in [0.5, 0.6) is 11.5 Å². The molecule has 1 aromatic heterocycles. The summed E-state index contributed by atoms with van der Waals surface area (Å²) in [6, 6.07) is 2.00. The van der Waals surface area contributed by atoms with E-state index in [4.69, 9.17) is 20.2 Å². The van der Waals surface area contributed by atoms with Gasteiger partial charge < -0.3 is 44.9 Å². The Labute approximate surface area is 187 Å². The second kappa shape index (κ2) is 8.39. The SMILES string of the molecule is NC(C(=O)N1CC(Oc2ccc3c(c2C(=O)O)O[B-](O)(O)CC3)C1)c1cn(CC(=O)O)cn1. The number of aliphatic carboxylic acids is 1. The number of nitrogens with zero attached hydrogens (tertiary/aromatic N) is 3. The Balaban J connectivity index is 1.41. The highest BCUT2D eigenvalue weighted by molar-refractivity contribution is 6.59. The first-order valence-electron chi connectivity index (χ1n) is 10.2. The summed E-state index contributed by atoms with van der Waals surface area (Å²) in [5.41, 5.74) is 6.40. The molecule has 0 aliphatic carbocycles. The van der Waals surface area contributed by atoms with Crippen molar-refractivity contribution in [2.24, 2.45) is 5.73 Å². The number of carbonyl (C=O) groups excluding carboxylic acids is 1. The molecule has 13 nitrogen and oxygen atoms in total. The molecule has 176 valence electrons. The molecular weight excluding hydrogens is 439 g/mol. The molecule has 4 rings (SSSR count). The largest absolute Gasteiger partial charge is 0.669 e. The highest BCUT2D eigenvalue weighted by Crippen LogP contribution is 2.39. The predicted octanol–water partition coefficient (Wildman–Crippen LogP) is -1.19. The average Bonchev–Trinajstić information content (AvgIpc) is 3.15. The van der Waals surface area contributed by atoms with E-state index < -0.39 is 36.7 Å². The number of amides is 1. The number of benzene rings is 1. The predicted molar refractivity (Wildman–Crippen MR) is 111 cm³/mol. The summed E-state index contributed by atoms with van der Waals surface area (Å²) in [7, 11) is 0. The first-order chi connectivity index (χ1) is 15.5. The van der Waals surface area contributed by atoms with Crippen molar-refractivity contribution >= 4 is 24.6 Å². The van der Waals surface area contributed by atoms with Gasteiger partial charge in [0.15, 0.2) is 0 Å². The lowest BCUT2D eigenvalue weighted by Crippen LogP contribution is -2.58. The molecule has 1 saturated heterocycles. The first kappa shape index (κ1) is 22.6. The lowest BCUT2D eigenvalue weighted by molar-refractivity contribution is -0.141. The van der Waals surface area contributed by atoms with Crippen LogP contribution in [0.25, 0.3) is 0 Å². The molecule has 33 heavy (non-hydrogen) atoms. The van der Waals surface area contributed by atoms with Gasteiger partial charge in [0, 0.05) is 6.20 Å². The number of imidazole rings is 1. The Morgan fingerprint density at radius 3 is 2.67 bits per heavy atom. The lowest BCUT2D eigenvalue weighted by atomic mass is 9.70. The van der Waals surface area contributed by atoms with Gasteiger partial charge in [-0.1, -0.05) is 12.4 Å². The molecule has 1 atom stereocenters. The van der Waals surface area contributed by atoms with Crippen LogP contribution in [0, 0.1) is 0 Å². The Bertz CT molecular complexity index is 1110. The van der Waals surface area contributed by atoms with Crippen LogP contribution < -0.4 is 15.1 Å². The number of hydrogen-bond donors (Lipinski definition) is 5. The summed E-state index contributed by atoms with van der Waals surface area (Å²) in [6.45, 7) is -3.16. The minimum Gasteiger partial charge on any atom is -0.669 e. The third kappa shape index (κ3) is 4.62. The quantitative estimate of drug-likeness (QED) is 0.311. The standard InChI is InChI=1S/C19H22BN4O9/c21-16(12-7-23(9-22-12)8-14(25)26)18(27)24-5-11(6-24)32-13-2-1-10-3-4-20(30,31)33-17(10)15(13)19(28)29/h1-2,7,9,11,16,30-31H,3-6,8,21H2,(H,25,26)(H,28,29)/q-1. The first-order valence-corrected chi connectivity index (χ1v) is 10.2. The van der Waals surface area contributed by atoms with Gasteiger partial charge in [-0.25, -0.2) is 9.78 Å². The number of carbonyl (C=O) groups is 3. The molecule has 6 N–H and O–H groups in total. The maximum atomic E-state index is 12.6. The van der Waals surface area contributed by atoms with Crippen LogP contribution in [0.1, 0.15) is 27.7 Å². The van der Waals surface area contributed by atoms with Crippen molar-refractivity contribution in [2.45, 2.75) is 31.4 Å². The fourth-order valence-corrected chi connectivity index (χ4v) is 3.81. The molecule has 14 heteroatoms. The number of carboxylic acid groups (broad SMARTS) is 2. The summed E-state index contributed by atoms with van der Waals surface area (Å²) < 4.78 is 12.2. The fourth-order valence-electron chi connectivity index (χ4n) is 3.81. The normalized spacial score (nSPS) is 18.0. The second-order valence-corrected chi connectivity index (χ2v) is 8.07. The van der Waals surface area contributed by atoms with E-state index >= 15 is 0 Å². The molecule has 0 saturated carbocycles. The van der Waals surface area contributed by atoms with E-state index in [9.17, 15) is 29.5 Å².